The molecule has 4 nitrogen and oxygen atoms in total. The fourth-order valence-electron chi connectivity index (χ4n) is 2.63. The standard InChI is InChI=1S/C18H17FN2O2/c1-11-13(14-9-12(23-2)7-8-16(14)20-11)10-18(22)21-17-6-4-3-5-15(17)19/h3-9,20H,10H2,1-2H3,(H,21,22). The molecule has 0 saturated carbocycles. The number of aromatic amines is 1. The number of halogens is 1. The van der Waals surface area contributed by atoms with Crippen LogP contribution in [0, 0.1) is 12.7 Å². The SMILES string of the molecule is COc1ccc2[nH]c(C)c(CC(=O)Nc3ccccc3F)c2c1. The molecule has 3 rings (SSSR count). The van der Waals surface area contributed by atoms with Crippen LogP contribution in [-0.2, 0) is 11.2 Å². The summed E-state index contributed by atoms with van der Waals surface area (Å²) in [6.45, 7) is 1.91. The molecule has 0 aliphatic carbocycles. The van der Waals surface area contributed by atoms with E-state index in [2.05, 4.69) is 10.3 Å². The number of fused-ring (bicyclic) bond motifs is 1. The number of benzene rings is 2. The molecule has 2 N–H and O–H groups in total. The minimum atomic E-state index is -0.446. The number of hydrogen-bond donors (Lipinski definition) is 2. The summed E-state index contributed by atoms with van der Waals surface area (Å²) in [6.07, 6.45) is 0.160. The minimum Gasteiger partial charge on any atom is -0.497 e. The fourth-order valence-corrected chi connectivity index (χ4v) is 2.63. The van der Waals surface area contributed by atoms with Gasteiger partial charge in [0.15, 0.2) is 0 Å². The van der Waals surface area contributed by atoms with E-state index >= 15 is 0 Å². The first kappa shape index (κ1) is 15.1. The molecule has 0 radical (unpaired) electrons. The van der Waals surface area contributed by atoms with Crippen LogP contribution in [0.4, 0.5) is 10.1 Å². The highest BCUT2D eigenvalue weighted by molar-refractivity contribution is 5.96. The highest BCUT2D eigenvalue weighted by atomic mass is 19.1. The maximum Gasteiger partial charge on any atom is 0.228 e. The van der Waals surface area contributed by atoms with Gasteiger partial charge in [-0.2, -0.15) is 0 Å². The molecule has 5 heteroatoms. The Balaban J connectivity index is 1.87. The van der Waals surface area contributed by atoms with Gasteiger partial charge in [-0.3, -0.25) is 4.79 Å². The van der Waals surface area contributed by atoms with Gasteiger partial charge in [-0.1, -0.05) is 12.1 Å². The van der Waals surface area contributed by atoms with E-state index in [1.165, 1.54) is 6.07 Å². The summed E-state index contributed by atoms with van der Waals surface area (Å²) in [4.78, 5) is 15.5. The van der Waals surface area contributed by atoms with E-state index in [0.717, 1.165) is 27.9 Å². The average molecular weight is 312 g/mol. The quantitative estimate of drug-likeness (QED) is 0.770. The molecule has 0 spiro atoms. The number of carbonyl (C=O) groups is 1. The second kappa shape index (κ2) is 6.12. The van der Waals surface area contributed by atoms with Crippen molar-refractivity contribution in [3.05, 3.63) is 59.5 Å². The van der Waals surface area contributed by atoms with Crippen molar-refractivity contribution in [3.8, 4) is 5.75 Å². The molecule has 0 atom stereocenters. The zero-order valence-electron chi connectivity index (χ0n) is 12.9. The molecule has 0 unspecified atom stereocenters. The van der Waals surface area contributed by atoms with Gasteiger partial charge in [0.1, 0.15) is 11.6 Å². The van der Waals surface area contributed by atoms with E-state index in [1.807, 2.05) is 25.1 Å². The number of amides is 1. The lowest BCUT2D eigenvalue weighted by atomic mass is 10.1. The monoisotopic (exact) mass is 312 g/mol. The van der Waals surface area contributed by atoms with Gasteiger partial charge in [-0.25, -0.2) is 4.39 Å². The number of nitrogens with one attached hydrogen (secondary N) is 2. The summed E-state index contributed by atoms with van der Waals surface area (Å²) >= 11 is 0. The van der Waals surface area contributed by atoms with Crippen LogP contribution < -0.4 is 10.1 Å². The Hall–Kier alpha value is -2.82. The Morgan fingerprint density at radius 1 is 1.26 bits per heavy atom. The third kappa shape index (κ3) is 3.04. The van der Waals surface area contributed by atoms with Gasteiger partial charge < -0.3 is 15.0 Å². The number of anilines is 1. The van der Waals surface area contributed by atoms with E-state index in [0.29, 0.717) is 0 Å². The van der Waals surface area contributed by atoms with Crippen LogP contribution in [-0.4, -0.2) is 18.0 Å². The maximum absolute atomic E-state index is 13.6. The fraction of sp³-hybridized carbons (Fsp3) is 0.167. The van der Waals surface area contributed by atoms with Crippen molar-refractivity contribution in [2.75, 3.05) is 12.4 Å². The molecule has 0 bridgehead atoms. The minimum absolute atomic E-state index is 0.160. The molecule has 3 aromatic rings. The largest absolute Gasteiger partial charge is 0.497 e. The first-order valence-electron chi connectivity index (χ1n) is 7.28. The second-order valence-corrected chi connectivity index (χ2v) is 5.34. The van der Waals surface area contributed by atoms with Crippen molar-refractivity contribution in [1.82, 2.24) is 4.98 Å². The molecule has 0 saturated heterocycles. The number of H-pyrrole nitrogens is 1. The topological polar surface area (TPSA) is 54.1 Å². The lowest BCUT2D eigenvalue weighted by Gasteiger charge is -2.07. The number of ether oxygens (including phenoxy) is 1. The predicted molar refractivity (Wildman–Crippen MR) is 88.3 cm³/mol. The molecular formula is C18H17FN2O2. The summed E-state index contributed by atoms with van der Waals surface area (Å²) < 4.78 is 18.9. The van der Waals surface area contributed by atoms with Gasteiger partial charge in [0.25, 0.3) is 0 Å². The molecule has 1 amide bonds. The normalized spacial score (nSPS) is 10.7. The lowest BCUT2D eigenvalue weighted by molar-refractivity contribution is -0.115. The van der Waals surface area contributed by atoms with Crippen LogP contribution in [0.15, 0.2) is 42.5 Å². The van der Waals surface area contributed by atoms with Crippen molar-refractivity contribution >= 4 is 22.5 Å². The van der Waals surface area contributed by atoms with Crippen LogP contribution in [0.1, 0.15) is 11.3 Å². The highest BCUT2D eigenvalue weighted by Crippen LogP contribution is 2.27. The van der Waals surface area contributed by atoms with E-state index in [1.54, 1.807) is 25.3 Å². The maximum atomic E-state index is 13.6. The van der Waals surface area contributed by atoms with Gasteiger partial charge in [0.2, 0.25) is 5.91 Å². The zero-order chi connectivity index (χ0) is 16.4. The van der Waals surface area contributed by atoms with Crippen molar-refractivity contribution in [2.24, 2.45) is 0 Å². The van der Waals surface area contributed by atoms with E-state index < -0.39 is 5.82 Å². The number of hydrogen-bond acceptors (Lipinski definition) is 2. The van der Waals surface area contributed by atoms with Gasteiger partial charge in [0.05, 0.1) is 19.2 Å². The van der Waals surface area contributed by atoms with Crippen LogP contribution in [0.25, 0.3) is 10.9 Å². The van der Waals surface area contributed by atoms with Gasteiger partial charge >= 0.3 is 0 Å². The van der Waals surface area contributed by atoms with Gasteiger partial charge in [0, 0.05) is 16.6 Å². The van der Waals surface area contributed by atoms with Crippen molar-refractivity contribution < 1.29 is 13.9 Å². The molecule has 23 heavy (non-hydrogen) atoms. The zero-order valence-corrected chi connectivity index (χ0v) is 12.9. The summed E-state index contributed by atoms with van der Waals surface area (Å²) in [6, 6.07) is 11.8. The van der Waals surface area contributed by atoms with E-state index in [9.17, 15) is 9.18 Å². The number of aromatic nitrogens is 1. The third-order valence-corrected chi connectivity index (χ3v) is 3.81. The Morgan fingerprint density at radius 2 is 2.04 bits per heavy atom. The molecule has 0 aliphatic heterocycles. The summed E-state index contributed by atoms with van der Waals surface area (Å²) in [5.41, 5.74) is 2.93. The first-order chi connectivity index (χ1) is 11.1. The Bertz CT molecular complexity index is 871. The summed E-state index contributed by atoms with van der Waals surface area (Å²) in [5.74, 6) is 0.0207. The molecule has 118 valence electrons. The third-order valence-electron chi connectivity index (χ3n) is 3.81. The van der Waals surface area contributed by atoms with Gasteiger partial charge in [-0.15, -0.1) is 0 Å². The van der Waals surface area contributed by atoms with Crippen LogP contribution >= 0.6 is 0 Å². The molecular weight excluding hydrogens is 295 g/mol. The molecule has 2 aromatic carbocycles. The molecule has 0 aliphatic rings. The van der Waals surface area contributed by atoms with E-state index in [-0.39, 0.29) is 18.0 Å². The first-order valence-corrected chi connectivity index (χ1v) is 7.28. The number of rotatable bonds is 4. The predicted octanol–water partition coefficient (Wildman–Crippen LogP) is 3.81. The smallest absolute Gasteiger partial charge is 0.228 e. The van der Waals surface area contributed by atoms with Gasteiger partial charge in [-0.05, 0) is 42.8 Å². The Labute approximate surface area is 133 Å². The summed E-state index contributed by atoms with van der Waals surface area (Å²) in [7, 11) is 1.60. The second-order valence-electron chi connectivity index (χ2n) is 5.34. The van der Waals surface area contributed by atoms with Crippen LogP contribution in [0.2, 0.25) is 0 Å². The number of carbonyl (C=O) groups excluding carboxylic acids is 1. The van der Waals surface area contributed by atoms with Crippen molar-refractivity contribution in [2.45, 2.75) is 13.3 Å². The Morgan fingerprint density at radius 3 is 2.78 bits per heavy atom. The summed E-state index contributed by atoms with van der Waals surface area (Å²) in [5, 5.41) is 3.55. The molecule has 1 aromatic heterocycles. The number of para-hydroxylation sites is 1. The van der Waals surface area contributed by atoms with E-state index in [4.69, 9.17) is 4.74 Å². The number of methoxy groups -OCH3 is 1. The highest BCUT2D eigenvalue weighted by Gasteiger charge is 2.14. The average Bonchev–Trinajstić information content (AvgIpc) is 2.85. The van der Waals surface area contributed by atoms with Crippen molar-refractivity contribution in [1.29, 1.82) is 0 Å². The molecule has 0 fully saturated rings. The molecule has 1 heterocycles. The lowest BCUT2D eigenvalue weighted by Crippen LogP contribution is -2.15. The van der Waals surface area contributed by atoms with Crippen LogP contribution in [0.3, 0.4) is 0 Å². The van der Waals surface area contributed by atoms with Crippen LogP contribution in [0.5, 0.6) is 5.75 Å². The Kier molecular flexibility index (Phi) is 4.02. The van der Waals surface area contributed by atoms with Crippen molar-refractivity contribution in [3.63, 3.8) is 0 Å². The number of aryl methyl sites for hydroxylation is 1.